The molecule has 0 radical (unpaired) electrons. The number of hydrogen-bond acceptors (Lipinski definition) is 6. The lowest BCUT2D eigenvalue weighted by molar-refractivity contribution is -0.136. The molecule has 2 aliphatic heterocycles. The lowest BCUT2D eigenvalue weighted by Crippen LogP contribution is -2.59. The number of piperazine rings is 1. The quantitative estimate of drug-likeness (QED) is 0.774. The molecular weight excluding hydrogens is 382 g/mol. The van der Waals surface area contributed by atoms with E-state index in [4.69, 9.17) is 4.98 Å². The average molecular weight is 412 g/mol. The number of carbonyl (C=O) groups is 1. The summed E-state index contributed by atoms with van der Waals surface area (Å²) in [6, 6.07) is 5.27. The fourth-order valence-corrected chi connectivity index (χ4v) is 5.91. The zero-order valence-electron chi connectivity index (χ0n) is 17.1. The lowest BCUT2D eigenvalue weighted by Gasteiger charge is -2.47. The summed E-state index contributed by atoms with van der Waals surface area (Å²) in [6.45, 7) is 7.34. The third-order valence-electron chi connectivity index (χ3n) is 6.67. The summed E-state index contributed by atoms with van der Waals surface area (Å²) in [5, 5.41) is 1.06. The van der Waals surface area contributed by atoms with E-state index in [1.54, 1.807) is 11.3 Å². The van der Waals surface area contributed by atoms with E-state index < -0.39 is 0 Å². The number of fused-ring (bicyclic) bond motifs is 1. The molecule has 7 heteroatoms. The van der Waals surface area contributed by atoms with Gasteiger partial charge in [-0.15, -0.1) is 11.3 Å². The summed E-state index contributed by atoms with van der Waals surface area (Å²) in [5.41, 5.74) is 2.33. The van der Waals surface area contributed by atoms with Crippen LogP contribution in [0.15, 0.2) is 24.5 Å². The van der Waals surface area contributed by atoms with E-state index in [0.717, 1.165) is 55.8 Å². The minimum absolute atomic E-state index is 0.285. The highest BCUT2D eigenvalue weighted by atomic mass is 32.1. The number of nitrogens with zero attached hydrogens (tertiary/aromatic N) is 5. The molecule has 2 aromatic rings. The summed E-state index contributed by atoms with van der Waals surface area (Å²) in [6.07, 6.45) is 8.60. The van der Waals surface area contributed by atoms with Crippen molar-refractivity contribution in [3.8, 4) is 10.6 Å². The molecule has 4 heterocycles. The number of aromatic nitrogens is 2. The highest BCUT2D eigenvalue weighted by molar-refractivity contribution is 7.15. The fraction of sp³-hybridized carbons (Fsp3) is 0.591. The van der Waals surface area contributed by atoms with Crippen LogP contribution in [0.5, 0.6) is 0 Å². The number of thiazole rings is 1. The van der Waals surface area contributed by atoms with Crippen LogP contribution in [-0.4, -0.2) is 75.4 Å². The normalized spacial score (nSPS) is 23.6. The summed E-state index contributed by atoms with van der Waals surface area (Å²) in [7, 11) is 0. The SMILES string of the molecule is CC1CN(C(=O)CN2CCc3nc(-c4ccncc4)sc3C2)CCN1C1CCC1. The van der Waals surface area contributed by atoms with Gasteiger partial charge in [-0.05, 0) is 31.9 Å². The minimum Gasteiger partial charge on any atom is -0.339 e. The topological polar surface area (TPSA) is 52.6 Å². The largest absolute Gasteiger partial charge is 0.339 e. The Bertz CT molecular complexity index is 865. The Morgan fingerprint density at radius 3 is 2.76 bits per heavy atom. The zero-order chi connectivity index (χ0) is 19.8. The van der Waals surface area contributed by atoms with Crippen LogP contribution < -0.4 is 0 Å². The summed E-state index contributed by atoms with van der Waals surface area (Å²) < 4.78 is 0. The molecule has 5 rings (SSSR count). The maximum atomic E-state index is 13.0. The van der Waals surface area contributed by atoms with Gasteiger partial charge in [-0.1, -0.05) is 6.42 Å². The van der Waals surface area contributed by atoms with E-state index in [1.165, 1.54) is 29.8 Å². The smallest absolute Gasteiger partial charge is 0.236 e. The van der Waals surface area contributed by atoms with Crippen molar-refractivity contribution >= 4 is 17.2 Å². The number of amides is 1. The molecule has 1 saturated carbocycles. The van der Waals surface area contributed by atoms with Crippen LogP contribution in [0.25, 0.3) is 10.6 Å². The highest BCUT2D eigenvalue weighted by Crippen LogP contribution is 2.31. The third-order valence-corrected chi connectivity index (χ3v) is 7.80. The molecule has 0 N–H and O–H groups in total. The molecule has 1 atom stereocenters. The second-order valence-electron chi connectivity index (χ2n) is 8.60. The monoisotopic (exact) mass is 411 g/mol. The molecular formula is C22H29N5OS. The van der Waals surface area contributed by atoms with Crippen LogP contribution in [0.4, 0.5) is 0 Å². The van der Waals surface area contributed by atoms with Crippen molar-refractivity contribution in [2.75, 3.05) is 32.7 Å². The van der Waals surface area contributed by atoms with Crippen molar-refractivity contribution in [3.63, 3.8) is 0 Å². The molecule has 29 heavy (non-hydrogen) atoms. The van der Waals surface area contributed by atoms with Gasteiger partial charge in [0, 0.05) is 74.1 Å². The van der Waals surface area contributed by atoms with Crippen molar-refractivity contribution < 1.29 is 4.79 Å². The molecule has 1 unspecified atom stereocenters. The number of rotatable bonds is 4. The Morgan fingerprint density at radius 1 is 1.21 bits per heavy atom. The van der Waals surface area contributed by atoms with Gasteiger partial charge in [0.15, 0.2) is 0 Å². The minimum atomic E-state index is 0.285. The van der Waals surface area contributed by atoms with E-state index in [1.807, 2.05) is 24.5 Å². The second-order valence-corrected chi connectivity index (χ2v) is 9.68. The van der Waals surface area contributed by atoms with Gasteiger partial charge < -0.3 is 4.90 Å². The highest BCUT2D eigenvalue weighted by Gasteiger charge is 2.34. The van der Waals surface area contributed by atoms with Crippen LogP contribution >= 0.6 is 11.3 Å². The van der Waals surface area contributed by atoms with Crippen LogP contribution in [0.2, 0.25) is 0 Å². The summed E-state index contributed by atoms with van der Waals surface area (Å²) in [4.78, 5) is 30.2. The van der Waals surface area contributed by atoms with Gasteiger partial charge in [-0.25, -0.2) is 4.98 Å². The first kappa shape index (κ1) is 19.2. The van der Waals surface area contributed by atoms with Gasteiger partial charge in [-0.2, -0.15) is 0 Å². The van der Waals surface area contributed by atoms with Crippen LogP contribution in [0.1, 0.15) is 36.8 Å². The zero-order valence-corrected chi connectivity index (χ0v) is 17.9. The molecule has 2 fully saturated rings. The van der Waals surface area contributed by atoms with Crippen molar-refractivity contribution in [2.45, 2.75) is 51.2 Å². The lowest BCUT2D eigenvalue weighted by atomic mass is 9.90. The second kappa shape index (κ2) is 8.13. The predicted molar refractivity (Wildman–Crippen MR) is 115 cm³/mol. The van der Waals surface area contributed by atoms with Crippen LogP contribution in [0.3, 0.4) is 0 Å². The van der Waals surface area contributed by atoms with Gasteiger partial charge in [0.25, 0.3) is 0 Å². The van der Waals surface area contributed by atoms with Gasteiger partial charge in [0.05, 0.1) is 12.2 Å². The van der Waals surface area contributed by atoms with Crippen molar-refractivity contribution in [1.82, 2.24) is 24.7 Å². The van der Waals surface area contributed by atoms with E-state index in [9.17, 15) is 4.79 Å². The predicted octanol–water partition coefficient (Wildman–Crippen LogP) is 2.65. The Morgan fingerprint density at radius 2 is 2.03 bits per heavy atom. The molecule has 0 aromatic carbocycles. The average Bonchev–Trinajstić information content (AvgIpc) is 3.12. The van der Waals surface area contributed by atoms with E-state index in [0.29, 0.717) is 12.6 Å². The Hall–Kier alpha value is -1.83. The van der Waals surface area contributed by atoms with Crippen molar-refractivity contribution in [3.05, 3.63) is 35.1 Å². The molecule has 1 saturated heterocycles. The first-order valence-corrected chi connectivity index (χ1v) is 11.6. The number of pyridine rings is 1. The Balaban J connectivity index is 1.18. The number of carbonyl (C=O) groups excluding carboxylic acids is 1. The molecule has 1 amide bonds. The van der Waals surface area contributed by atoms with Crippen molar-refractivity contribution in [1.29, 1.82) is 0 Å². The summed E-state index contributed by atoms with van der Waals surface area (Å²) in [5.74, 6) is 0.285. The van der Waals surface area contributed by atoms with Crippen molar-refractivity contribution in [2.24, 2.45) is 0 Å². The molecule has 154 valence electrons. The van der Waals surface area contributed by atoms with E-state index >= 15 is 0 Å². The third kappa shape index (κ3) is 3.96. The molecule has 2 aromatic heterocycles. The van der Waals surface area contributed by atoms with E-state index in [-0.39, 0.29) is 5.91 Å². The molecule has 6 nitrogen and oxygen atoms in total. The Labute approximate surface area is 176 Å². The first-order valence-electron chi connectivity index (χ1n) is 10.8. The van der Waals surface area contributed by atoms with Gasteiger partial charge in [-0.3, -0.25) is 19.6 Å². The molecule has 0 bridgehead atoms. The molecule has 0 spiro atoms. The van der Waals surface area contributed by atoms with Gasteiger partial charge >= 0.3 is 0 Å². The van der Waals surface area contributed by atoms with Crippen LogP contribution in [-0.2, 0) is 17.8 Å². The van der Waals surface area contributed by atoms with Crippen LogP contribution in [0, 0.1) is 0 Å². The maximum Gasteiger partial charge on any atom is 0.236 e. The standard InChI is InChI=1S/C22H29N5OS/c1-16-13-26(11-12-27(16)18-3-2-4-18)21(28)15-25-10-7-19-20(14-25)29-22(24-19)17-5-8-23-9-6-17/h5-6,8-9,16,18H,2-4,7,10-15H2,1H3. The summed E-state index contributed by atoms with van der Waals surface area (Å²) >= 11 is 1.76. The first-order chi connectivity index (χ1) is 14.2. The van der Waals surface area contributed by atoms with Gasteiger partial charge in [0.2, 0.25) is 5.91 Å². The fourth-order valence-electron chi connectivity index (χ4n) is 4.75. The maximum absolute atomic E-state index is 13.0. The van der Waals surface area contributed by atoms with Gasteiger partial charge in [0.1, 0.15) is 5.01 Å². The molecule has 3 aliphatic rings. The molecule has 1 aliphatic carbocycles. The number of hydrogen-bond donors (Lipinski definition) is 0. The van der Waals surface area contributed by atoms with E-state index in [2.05, 4.69) is 26.6 Å². The Kier molecular flexibility index (Phi) is 5.37.